The fraction of sp³-hybridized carbons (Fsp3) is 0.278. The van der Waals surface area contributed by atoms with Crippen molar-refractivity contribution in [1.82, 2.24) is 0 Å². The molecule has 0 aromatic heterocycles. The van der Waals surface area contributed by atoms with Crippen molar-refractivity contribution in [2.45, 2.75) is 12.1 Å². The summed E-state index contributed by atoms with van der Waals surface area (Å²) in [5, 5.41) is 0. The Morgan fingerprint density at radius 1 is 1.00 bits per heavy atom. The molecule has 2 aromatic rings. The van der Waals surface area contributed by atoms with Crippen LogP contribution >= 0.6 is 0 Å². The van der Waals surface area contributed by atoms with Crippen LogP contribution in [0, 0.1) is 5.82 Å². The van der Waals surface area contributed by atoms with E-state index >= 15 is 0 Å². The van der Waals surface area contributed by atoms with Crippen molar-refractivity contribution >= 4 is 27.2 Å². The lowest BCUT2D eigenvalue weighted by Gasteiger charge is -2.23. The minimum absolute atomic E-state index is 0.0989. The van der Waals surface area contributed by atoms with Gasteiger partial charge in [0.15, 0.2) is 9.84 Å². The van der Waals surface area contributed by atoms with Crippen molar-refractivity contribution in [2.75, 3.05) is 28.4 Å². The van der Waals surface area contributed by atoms with Crippen LogP contribution < -0.4 is 14.5 Å². The summed E-state index contributed by atoms with van der Waals surface area (Å²) in [4.78, 5) is 16.1. The van der Waals surface area contributed by atoms with Crippen molar-refractivity contribution in [2.24, 2.45) is 0 Å². The summed E-state index contributed by atoms with van der Waals surface area (Å²) in [6.45, 7) is 0. The first-order valence-electron chi connectivity index (χ1n) is 8.12. The molecule has 2 fully saturated rings. The van der Waals surface area contributed by atoms with Gasteiger partial charge in [-0.2, -0.15) is 0 Å². The fourth-order valence-electron chi connectivity index (χ4n) is 3.67. The smallest absolute Gasteiger partial charge is 0.329 e. The first-order valence-corrected chi connectivity index (χ1v) is 9.94. The fourth-order valence-corrected chi connectivity index (χ4v) is 5.59. The summed E-state index contributed by atoms with van der Waals surface area (Å²) < 4.78 is 42.9. The summed E-state index contributed by atoms with van der Waals surface area (Å²) in [6, 6.07) is 11.1. The molecule has 0 spiro atoms. The minimum Gasteiger partial charge on any atom is -0.497 e. The van der Waals surface area contributed by atoms with Crippen molar-refractivity contribution in [3.63, 3.8) is 0 Å². The van der Waals surface area contributed by atoms with Gasteiger partial charge in [0.05, 0.1) is 30.7 Å². The van der Waals surface area contributed by atoms with E-state index < -0.39 is 27.7 Å². The van der Waals surface area contributed by atoms with Crippen LogP contribution in [0.3, 0.4) is 0 Å². The van der Waals surface area contributed by atoms with E-state index in [-0.39, 0.29) is 17.5 Å². The maximum absolute atomic E-state index is 13.3. The molecule has 26 heavy (non-hydrogen) atoms. The van der Waals surface area contributed by atoms with E-state index in [1.807, 2.05) is 0 Å². The average Bonchev–Trinajstić information content (AvgIpc) is 3.04. The Balaban J connectivity index is 1.80. The number of carbonyl (C=O) groups excluding carboxylic acids is 1. The van der Waals surface area contributed by atoms with Gasteiger partial charge in [-0.25, -0.2) is 17.6 Å². The van der Waals surface area contributed by atoms with E-state index in [2.05, 4.69) is 0 Å². The van der Waals surface area contributed by atoms with Crippen LogP contribution in [0.5, 0.6) is 5.75 Å². The van der Waals surface area contributed by atoms with Crippen molar-refractivity contribution in [3.8, 4) is 5.75 Å². The molecule has 2 aliphatic rings. The molecule has 6 nitrogen and oxygen atoms in total. The highest BCUT2D eigenvalue weighted by atomic mass is 32.2. The molecule has 2 aromatic carbocycles. The number of halogens is 1. The molecule has 136 valence electrons. The van der Waals surface area contributed by atoms with Gasteiger partial charge >= 0.3 is 6.03 Å². The Morgan fingerprint density at radius 3 is 2.23 bits per heavy atom. The van der Waals surface area contributed by atoms with Gasteiger partial charge in [0, 0.05) is 17.4 Å². The third-order valence-electron chi connectivity index (χ3n) is 4.81. The number of ether oxygens (including phenoxy) is 1. The average molecular weight is 376 g/mol. The third kappa shape index (κ3) is 2.70. The van der Waals surface area contributed by atoms with Gasteiger partial charge in [-0.1, -0.05) is 6.07 Å². The summed E-state index contributed by atoms with van der Waals surface area (Å²) in [7, 11) is -1.75. The predicted molar refractivity (Wildman–Crippen MR) is 96.0 cm³/mol. The predicted octanol–water partition coefficient (Wildman–Crippen LogP) is 2.45. The number of amides is 2. The highest BCUT2D eigenvalue weighted by Crippen LogP contribution is 2.38. The van der Waals surface area contributed by atoms with Crippen LogP contribution in [0.25, 0.3) is 0 Å². The SMILES string of the molecule is COc1cccc(N2C(=O)N(c3ccc(F)cc3)[C@H]3CS(=O)(=O)C[C@@H]32)c1. The van der Waals surface area contributed by atoms with Crippen LogP contribution in [0.2, 0.25) is 0 Å². The number of hydrogen-bond acceptors (Lipinski definition) is 4. The molecular formula is C18H17FN2O4S. The summed E-state index contributed by atoms with van der Waals surface area (Å²) in [6.07, 6.45) is 0. The number of rotatable bonds is 3. The largest absolute Gasteiger partial charge is 0.497 e. The first kappa shape index (κ1) is 16.8. The Hall–Kier alpha value is -2.61. The van der Waals surface area contributed by atoms with E-state index in [9.17, 15) is 17.6 Å². The monoisotopic (exact) mass is 376 g/mol. The molecule has 2 aliphatic heterocycles. The number of sulfone groups is 1. The maximum atomic E-state index is 13.3. The molecule has 0 unspecified atom stereocenters. The Morgan fingerprint density at radius 2 is 1.62 bits per heavy atom. The summed E-state index contributed by atoms with van der Waals surface area (Å²) in [5.41, 5.74) is 1.06. The number of hydrogen-bond donors (Lipinski definition) is 0. The van der Waals surface area contributed by atoms with Gasteiger partial charge in [0.1, 0.15) is 11.6 Å². The second kappa shape index (κ2) is 5.98. The number of carbonyl (C=O) groups is 1. The Bertz CT molecular complexity index is 961. The van der Waals surface area contributed by atoms with Crippen molar-refractivity contribution in [3.05, 3.63) is 54.3 Å². The number of anilines is 2. The number of urea groups is 1. The number of benzene rings is 2. The quantitative estimate of drug-likeness (QED) is 0.772. The van der Waals surface area contributed by atoms with Gasteiger partial charge in [-0.15, -0.1) is 0 Å². The lowest BCUT2D eigenvalue weighted by atomic mass is 10.1. The van der Waals surface area contributed by atoms with Crippen LogP contribution in [0.4, 0.5) is 20.6 Å². The van der Waals surface area contributed by atoms with Gasteiger partial charge < -0.3 is 4.74 Å². The van der Waals surface area contributed by atoms with Crippen molar-refractivity contribution in [1.29, 1.82) is 0 Å². The van der Waals surface area contributed by atoms with Crippen LogP contribution in [-0.2, 0) is 9.84 Å². The normalized spacial score (nSPS) is 24.0. The van der Waals surface area contributed by atoms with Crippen LogP contribution in [0.15, 0.2) is 48.5 Å². The van der Waals surface area contributed by atoms with Crippen LogP contribution in [0.1, 0.15) is 0 Å². The number of methoxy groups -OCH3 is 1. The lowest BCUT2D eigenvalue weighted by Crippen LogP contribution is -2.37. The minimum atomic E-state index is -3.28. The molecule has 8 heteroatoms. The maximum Gasteiger partial charge on any atom is 0.329 e. The zero-order valence-electron chi connectivity index (χ0n) is 14.0. The zero-order valence-corrected chi connectivity index (χ0v) is 14.8. The van der Waals surface area contributed by atoms with Gasteiger partial charge in [0.2, 0.25) is 0 Å². The third-order valence-corrected chi connectivity index (χ3v) is 6.50. The van der Waals surface area contributed by atoms with E-state index in [0.29, 0.717) is 17.1 Å². The highest BCUT2D eigenvalue weighted by molar-refractivity contribution is 7.91. The highest BCUT2D eigenvalue weighted by Gasteiger charge is 2.54. The van der Waals surface area contributed by atoms with Gasteiger partial charge in [-0.05, 0) is 36.4 Å². The molecule has 4 rings (SSSR count). The molecule has 0 aliphatic carbocycles. The molecule has 2 amide bonds. The topological polar surface area (TPSA) is 66.9 Å². The second-order valence-electron chi connectivity index (χ2n) is 6.41. The number of nitrogens with zero attached hydrogens (tertiary/aromatic N) is 2. The van der Waals surface area contributed by atoms with Gasteiger partial charge in [0.25, 0.3) is 0 Å². The molecule has 0 saturated carbocycles. The van der Waals surface area contributed by atoms with E-state index in [1.54, 1.807) is 24.3 Å². The first-order chi connectivity index (χ1) is 12.4. The molecule has 0 bridgehead atoms. The molecule has 0 N–H and O–H groups in total. The Labute approximate surface area is 150 Å². The van der Waals surface area contributed by atoms with E-state index in [4.69, 9.17) is 4.74 Å². The summed E-state index contributed by atoms with van der Waals surface area (Å²) in [5.74, 6) is -0.0480. The number of fused-ring (bicyclic) bond motifs is 1. The van der Waals surface area contributed by atoms with Gasteiger partial charge in [-0.3, -0.25) is 9.80 Å². The van der Waals surface area contributed by atoms with Crippen molar-refractivity contribution < 1.29 is 22.3 Å². The lowest BCUT2D eigenvalue weighted by molar-refractivity contribution is 0.255. The van der Waals surface area contributed by atoms with E-state index in [1.165, 1.54) is 41.2 Å². The zero-order chi connectivity index (χ0) is 18.5. The molecule has 2 atom stereocenters. The molecule has 2 heterocycles. The standard InChI is InChI=1S/C18H17FN2O4S/c1-25-15-4-2-3-14(9-15)21-17-11-26(23,24)10-16(17)20(18(21)22)13-7-5-12(19)6-8-13/h2-9,16-17H,10-11H2,1H3/t16-,17-/m0/s1. The molecular weight excluding hydrogens is 359 g/mol. The second-order valence-corrected chi connectivity index (χ2v) is 8.57. The van der Waals surface area contributed by atoms with Crippen LogP contribution in [-0.4, -0.2) is 45.1 Å². The molecule has 0 radical (unpaired) electrons. The van der Waals surface area contributed by atoms with E-state index in [0.717, 1.165) is 0 Å². The summed E-state index contributed by atoms with van der Waals surface area (Å²) >= 11 is 0. The Kier molecular flexibility index (Phi) is 3.87. The molecule has 2 saturated heterocycles.